The highest BCUT2D eigenvalue weighted by atomic mass is 35.5. The van der Waals surface area contributed by atoms with Crippen LogP contribution in [0.5, 0.6) is 11.5 Å². The van der Waals surface area contributed by atoms with Crippen molar-refractivity contribution in [2.45, 2.75) is 6.04 Å². The van der Waals surface area contributed by atoms with Crippen molar-refractivity contribution in [2.24, 2.45) is 0 Å². The summed E-state index contributed by atoms with van der Waals surface area (Å²) in [6, 6.07) is 9.60. The van der Waals surface area contributed by atoms with Crippen LogP contribution in [-0.2, 0) is 14.3 Å². The van der Waals surface area contributed by atoms with Crippen molar-refractivity contribution in [1.82, 2.24) is 4.90 Å². The summed E-state index contributed by atoms with van der Waals surface area (Å²) in [5, 5.41) is 11.6. The van der Waals surface area contributed by atoms with Crippen LogP contribution < -0.4 is 14.4 Å². The van der Waals surface area contributed by atoms with Crippen LogP contribution in [0.1, 0.15) is 17.2 Å². The first kappa shape index (κ1) is 24.4. The Hall–Kier alpha value is -3.23. The number of ketones is 1. The highest BCUT2D eigenvalue weighted by Crippen LogP contribution is 2.43. The molecule has 1 aliphatic heterocycles. The quantitative estimate of drug-likeness (QED) is 0.356. The minimum Gasteiger partial charge on any atom is -0.507 e. The molecule has 1 amide bonds. The van der Waals surface area contributed by atoms with E-state index in [1.54, 1.807) is 0 Å². The van der Waals surface area contributed by atoms with E-state index in [0.717, 1.165) is 5.69 Å². The Bertz CT molecular complexity index is 1080. The molecule has 0 spiro atoms. The number of aliphatic hydroxyl groups excluding tert-OH is 1. The average Bonchev–Trinajstić information content (AvgIpc) is 3.06. The molecule has 0 aliphatic carbocycles. The molecule has 33 heavy (non-hydrogen) atoms. The topological polar surface area (TPSA) is 88.5 Å². The lowest BCUT2D eigenvalue weighted by molar-refractivity contribution is -0.140. The number of anilines is 1. The summed E-state index contributed by atoms with van der Waals surface area (Å²) in [6.45, 7) is 0.413. The van der Waals surface area contributed by atoms with Crippen LogP contribution in [0.4, 0.5) is 5.69 Å². The predicted molar refractivity (Wildman–Crippen MR) is 126 cm³/mol. The number of rotatable bonds is 8. The molecule has 9 heteroatoms. The first-order chi connectivity index (χ1) is 15.7. The van der Waals surface area contributed by atoms with Crippen LogP contribution in [0, 0.1) is 0 Å². The number of ether oxygens (including phenoxy) is 3. The van der Waals surface area contributed by atoms with Crippen LogP contribution in [0.3, 0.4) is 0 Å². The normalized spacial score (nSPS) is 17.4. The Kier molecular flexibility index (Phi) is 7.50. The van der Waals surface area contributed by atoms with E-state index in [0.29, 0.717) is 11.3 Å². The van der Waals surface area contributed by atoms with Gasteiger partial charge in [-0.15, -0.1) is 0 Å². The summed E-state index contributed by atoms with van der Waals surface area (Å²) in [5.74, 6) is -1.35. The number of carbonyl (C=O) groups excluding carboxylic acids is 2. The van der Waals surface area contributed by atoms with Crippen molar-refractivity contribution < 1.29 is 28.9 Å². The van der Waals surface area contributed by atoms with Crippen molar-refractivity contribution >= 4 is 34.7 Å². The lowest BCUT2D eigenvalue weighted by atomic mass is 9.94. The summed E-state index contributed by atoms with van der Waals surface area (Å²) in [4.78, 5) is 29.4. The molecule has 0 radical (unpaired) electrons. The standard InChI is InChI=1S/C24H27ClN2O6/c1-26(2)15-8-6-14(7-9-15)21-20(23(29)24(30)27(21)10-11-31-3)22(28)16-12-19(33-5)17(25)13-18(16)32-4/h6-9,12-13,21,28H,10-11H2,1-5H3/b22-20+. The van der Waals surface area contributed by atoms with E-state index in [9.17, 15) is 14.7 Å². The molecule has 1 saturated heterocycles. The molecule has 176 valence electrons. The Morgan fingerprint density at radius 1 is 1.06 bits per heavy atom. The second kappa shape index (κ2) is 10.1. The SMILES string of the molecule is COCCN1C(=O)C(=O)/C(=C(/O)c2cc(OC)c(Cl)cc2OC)C1c1ccc(N(C)C)cc1. The van der Waals surface area contributed by atoms with E-state index in [1.807, 2.05) is 43.3 Å². The molecule has 1 N–H and O–H groups in total. The summed E-state index contributed by atoms with van der Waals surface area (Å²) in [7, 11) is 8.21. The van der Waals surface area contributed by atoms with Gasteiger partial charge in [-0.1, -0.05) is 23.7 Å². The van der Waals surface area contributed by atoms with Crippen molar-refractivity contribution in [3.63, 3.8) is 0 Å². The van der Waals surface area contributed by atoms with Gasteiger partial charge in [0.05, 0.1) is 43.0 Å². The van der Waals surface area contributed by atoms with Crippen LogP contribution in [0.25, 0.3) is 5.76 Å². The van der Waals surface area contributed by atoms with Gasteiger partial charge < -0.3 is 29.1 Å². The van der Waals surface area contributed by atoms with E-state index in [1.165, 1.54) is 38.4 Å². The molecular formula is C24H27ClN2O6. The van der Waals surface area contributed by atoms with Crippen LogP contribution in [0.2, 0.25) is 5.02 Å². The van der Waals surface area contributed by atoms with Crippen molar-refractivity contribution in [1.29, 1.82) is 0 Å². The van der Waals surface area contributed by atoms with Crippen molar-refractivity contribution in [2.75, 3.05) is 53.5 Å². The van der Waals surface area contributed by atoms with Gasteiger partial charge in [0.15, 0.2) is 0 Å². The summed E-state index contributed by atoms with van der Waals surface area (Å²) in [5.41, 5.74) is 1.78. The van der Waals surface area contributed by atoms with Gasteiger partial charge in [0.1, 0.15) is 17.3 Å². The van der Waals surface area contributed by atoms with Crippen molar-refractivity contribution in [3.8, 4) is 11.5 Å². The first-order valence-electron chi connectivity index (χ1n) is 10.2. The minimum absolute atomic E-state index is 0.0450. The number of halogens is 1. The predicted octanol–water partition coefficient (Wildman–Crippen LogP) is 3.49. The van der Waals surface area contributed by atoms with E-state index < -0.39 is 17.7 Å². The summed E-state index contributed by atoms with van der Waals surface area (Å²) in [6.07, 6.45) is 0. The Morgan fingerprint density at radius 2 is 1.70 bits per heavy atom. The zero-order valence-electron chi connectivity index (χ0n) is 19.2. The van der Waals surface area contributed by atoms with Gasteiger partial charge >= 0.3 is 0 Å². The number of carbonyl (C=O) groups is 2. The molecule has 1 heterocycles. The number of hydrogen-bond donors (Lipinski definition) is 1. The Balaban J connectivity index is 2.23. The molecule has 2 aromatic carbocycles. The lowest BCUT2D eigenvalue weighted by Crippen LogP contribution is -2.32. The fourth-order valence-corrected chi connectivity index (χ4v) is 4.02. The number of methoxy groups -OCH3 is 3. The number of Topliss-reactive ketones (excluding diaryl/α,β-unsaturated/α-hetero) is 1. The number of benzene rings is 2. The molecule has 0 saturated carbocycles. The largest absolute Gasteiger partial charge is 0.507 e. The maximum Gasteiger partial charge on any atom is 0.295 e. The van der Waals surface area contributed by atoms with Gasteiger partial charge in [0, 0.05) is 39.5 Å². The van der Waals surface area contributed by atoms with Gasteiger partial charge in [-0.2, -0.15) is 0 Å². The first-order valence-corrected chi connectivity index (χ1v) is 10.6. The number of hydrogen-bond acceptors (Lipinski definition) is 7. The highest BCUT2D eigenvalue weighted by Gasteiger charge is 2.46. The average molecular weight is 475 g/mol. The van der Waals surface area contributed by atoms with E-state index in [-0.39, 0.29) is 40.8 Å². The van der Waals surface area contributed by atoms with Gasteiger partial charge in [-0.05, 0) is 23.8 Å². The summed E-state index contributed by atoms with van der Waals surface area (Å²) < 4.78 is 15.8. The van der Waals surface area contributed by atoms with E-state index >= 15 is 0 Å². The minimum atomic E-state index is -0.803. The maximum absolute atomic E-state index is 13.1. The third kappa shape index (κ3) is 4.62. The monoisotopic (exact) mass is 474 g/mol. The third-order valence-corrected chi connectivity index (χ3v) is 5.83. The van der Waals surface area contributed by atoms with Gasteiger partial charge in [0.2, 0.25) is 0 Å². The highest BCUT2D eigenvalue weighted by molar-refractivity contribution is 6.46. The number of likely N-dealkylation sites (tertiary alicyclic amines) is 1. The number of nitrogens with zero attached hydrogens (tertiary/aromatic N) is 2. The number of aliphatic hydroxyl groups is 1. The fraction of sp³-hybridized carbons (Fsp3) is 0.333. The maximum atomic E-state index is 13.1. The Morgan fingerprint density at radius 3 is 2.24 bits per heavy atom. The zero-order valence-corrected chi connectivity index (χ0v) is 20.0. The van der Waals surface area contributed by atoms with Crippen LogP contribution in [0.15, 0.2) is 42.0 Å². The molecule has 3 rings (SSSR count). The van der Waals surface area contributed by atoms with Crippen molar-refractivity contribution in [3.05, 3.63) is 58.1 Å². The van der Waals surface area contributed by atoms with E-state index in [4.69, 9.17) is 25.8 Å². The zero-order chi connectivity index (χ0) is 24.3. The second-order valence-electron chi connectivity index (χ2n) is 7.66. The second-order valence-corrected chi connectivity index (χ2v) is 8.07. The van der Waals surface area contributed by atoms with Gasteiger partial charge in [-0.3, -0.25) is 9.59 Å². The molecule has 0 bridgehead atoms. The molecule has 8 nitrogen and oxygen atoms in total. The molecule has 1 aliphatic rings. The fourth-order valence-electron chi connectivity index (χ4n) is 3.79. The molecule has 1 atom stereocenters. The van der Waals surface area contributed by atoms with Gasteiger partial charge in [-0.25, -0.2) is 0 Å². The molecule has 1 fully saturated rings. The lowest BCUT2D eigenvalue weighted by Gasteiger charge is -2.25. The third-order valence-electron chi connectivity index (χ3n) is 5.53. The molecule has 1 unspecified atom stereocenters. The van der Waals surface area contributed by atoms with Gasteiger partial charge in [0.25, 0.3) is 11.7 Å². The number of amides is 1. The Labute approximate surface area is 197 Å². The molecular weight excluding hydrogens is 448 g/mol. The molecule has 0 aromatic heterocycles. The summed E-state index contributed by atoms with van der Waals surface area (Å²) >= 11 is 6.19. The van der Waals surface area contributed by atoms with Crippen LogP contribution in [-0.4, -0.2) is 70.3 Å². The smallest absolute Gasteiger partial charge is 0.295 e. The van der Waals surface area contributed by atoms with E-state index in [2.05, 4.69) is 0 Å². The molecule has 2 aromatic rings. The van der Waals surface area contributed by atoms with Crippen LogP contribution >= 0.6 is 11.6 Å².